The Balaban J connectivity index is 1.50. The van der Waals surface area contributed by atoms with E-state index in [1.165, 1.54) is 12.8 Å². The minimum atomic E-state index is -1.20. The minimum Gasteiger partial charge on any atom is -0.493 e. The summed E-state index contributed by atoms with van der Waals surface area (Å²) in [6, 6.07) is 13.7. The number of fused-ring (bicyclic) bond motifs is 1. The number of halogens is 1. The van der Waals surface area contributed by atoms with Gasteiger partial charge in [0.25, 0.3) is 0 Å². The highest BCUT2D eigenvalue weighted by Crippen LogP contribution is 2.36. The fraction of sp³-hybridized carbons (Fsp3) is 0.471. The topological polar surface area (TPSA) is 124 Å². The molecule has 246 valence electrons. The first-order valence-electron chi connectivity index (χ1n) is 15.8. The molecule has 2 aromatic carbocycles. The maximum absolute atomic E-state index is 12.0. The Bertz CT molecular complexity index is 1600. The number of aromatic carboxylic acids is 1. The second-order valence-corrected chi connectivity index (χ2v) is 12.1. The van der Waals surface area contributed by atoms with Crippen molar-refractivity contribution in [1.82, 2.24) is 24.4 Å². The second kappa shape index (κ2) is 16.2. The summed E-state index contributed by atoms with van der Waals surface area (Å²) in [6.07, 6.45) is 4.27. The van der Waals surface area contributed by atoms with E-state index in [1.54, 1.807) is 14.2 Å². The Kier molecular flexibility index (Phi) is 11.8. The lowest BCUT2D eigenvalue weighted by atomic mass is 10.1. The largest absolute Gasteiger partial charge is 0.493 e. The van der Waals surface area contributed by atoms with Crippen molar-refractivity contribution in [2.24, 2.45) is 5.92 Å². The molecule has 0 atom stereocenters. The summed E-state index contributed by atoms with van der Waals surface area (Å²) in [7, 11) is 3.41. The quantitative estimate of drug-likeness (QED) is 0.121. The molecule has 11 nitrogen and oxygen atoms in total. The van der Waals surface area contributed by atoms with E-state index < -0.39 is 5.97 Å². The molecule has 1 saturated carbocycles. The zero-order valence-electron chi connectivity index (χ0n) is 26.8. The van der Waals surface area contributed by atoms with Gasteiger partial charge in [0.05, 0.1) is 25.4 Å². The van der Waals surface area contributed by atoms with Crippen LogP contribution in [0.3, 0.4) is 0 Å². The number of hydrogen-bond donors (Lipinski definition) is 2. The molecule has 0 aliphatic heterocycles. The Hall–Kier alpha value is -3.77. The van der Waals surface area contributed by atoms with Crippen LogP contribution < -0.4 is 10.1 Å². The van der Waals surface area contributed by atoms with Crippen molar-refractivity contribution in [2.75, 3.05) is 65.5 Å². The fourth-order valence-electron chi connectivity index (χ4n) is 5.38. The van der Waals surface area contributed by atoms with Gasteiger partial charge in [-0.3, -0.25) is 4.90 Å². The molecule has 2 N–H and O–H groups in total. The van der Waals surface area contributed by atoms with E-state index in [1.807, 2.05) is 54.0 Å². The van der Waals surface area contributed by atoms with Gasteiger partial charge in [0.2, 0.25) is 5.82 Å². The molecule has 0 bridgehead atoms. The summed E-state index contributed by atoms with van der Waals surface area (Å²) >= 11 is 6.21. The molecule has 4 aromatic rings. The van der Waals surface area contributed by atoms with Gasteiger partial charge < -0.3 is 29.2 Å². The van der Waals surface area contributed by atoms with Crippen LogP contribution >= 0.6 is 11.6 Å². The van der Waals surface area contributed by atoms with Crippen LogP contribution in [0, 0.1) is 12.8 Å². The van der Waals surface area contributed by atoms with Gasteiger partial charge in [-0.1, -0.05) is 48.2 Å². The third-order valence-corrected chi connectivity index (χ3v) is 8.32. The average molecular weight is 651 g/mol. The van der Waals surface area contributed by atoms with Gasteiger partial charge in [-0.25, -0.2) is 19.7 Å². The van der Waals surface area contributed by atoms with Crippen molar-refractivity contribution in [3.63, 3.8) is 0 Å². The Morgan fingerprint density at radius 2 is 1.76 bits per heavy atom. The summed E-state index contributed by atoms with van der Waals surface area (Å²) in [5.74, 6) is 0.970. The van der Waals surface area contributed by atoms with Crippen LogP contribution in [0.15, 0.2) is 42.5 Å². The van der Waals surface area contributed by atoms with E-state index in [0.29, 0.717) is 72.4 Å². The van der Waals surface area contributed by atoms with Crippen LogP contribution in [-0.2, 0) is 16.0 Å². The van der Waals surface area contributed by atoms with Gasteiger partial charge in [0.1, 0.15) is 17.1 Å². The summed E-state index contributed by atoms with van der Waals surface area (Å²) in [6.45, 7) is 7.44. The molecule has 1 aliphatic carbocycles. The maximum Gasteiger partial charge on any atom is 0.374 e. The van der Waals surface area contributed by atoms with E-state index in [0.717, 1.165) is 49.2 Å². The number of methoxy groups -OCH3 is 2. The highest BCUT2D eigenvalue weighted by atomic mass is 35.5. The van der Waals surface area contributed by atoms with Crippen molar-refractivity contribution in [3.8, 4) is 17.1 Å². The first kappa shape index (κ1) is 33.6. The van der Waals surface area contributed by atoms with Gasteiger partial charge in [-0.15, -0.1) is 0 Å². The number of rotatable bonds is 19. The fourth-order valence-corrected chi connectivity index (χ4v) is 5.51. The summed E-state index contributed by atoms with van der Waals surface area (Å²) in [5.41, 5.74) is 3.79. The lowest BCUT2D eigenvalue weighted by Crippen LogP contribution is -2.32. The average Bonchev–Trinajstić information content (AvgIpc) is 3.80. The number of imidazole rings is 1. The van der Waals surface area contributed by atoms with Crippen LogP contribution in [0.4, 0.5) is 5.82 Å². The van der Waals surface area contributed by atoms with Crippen molar-refractivity contribution >= 4 is 34.6 Å². The highest BCUT2D eigenvalue weighted by molar-refractivity contribution is 6.30. The number of anilines is 1. The molecule has 0 unspecified atom stereocenters. The lowest BCUT2D eigenvalue weighted by molar-refractivity contribution is 0.0684. The van der Waals surface area contributed by atoms with Crippen LogP contribution in [0.5, 0.6) is 5.75 Å². The molecular weight excluding hydrogens is 608 g/mol. The van der Waals surface area contributed by atoms with E-state index in [4.69, 9.17) is 30.8 Å². The Morgan fingerprint density at radius 1 is 1.02 bits per heavy atom. The number of nitrogens with zero attached hydrogens (tertiary/aromatic N) is 5. The standard InChI is InChI=1S/C34H43ClN6O5/c1-23-5-12-28(46-18-4-15-40(16-19-44-2)17-20-45-3)27(21-23)33-39-31-29(41(33)22-25-8-10-26(35)11-9-25)30(36-14-13-24-6-7-24)37-32(38-31)34(42)43/h5,8-12,21,24H,4,6-7,13-20,22H2,1-3H3,(H,42,43)(H,36,37,38). The molecule has 5 rings (SSSR count). The zero-order chi connectivity index (χ0) is 32.5. The molecular formula is C34H43ClN6O5. The summed E-state index contributed by atoms with van der Waals surface area (Å²) in [4.78, 5) is 28.1. The third kappa shape index (κ3) is 8.94. The first-order valence-corrected chi connectivity index (χ1v) is 16.2. The van der Waals surface area contributed by atoms with Crippen LogP contribution in [0.1, 0.15) is 47.4 Å². The van der Waals surface area contributed by atoms with E-state index in [2.05, 4.69) is 20.2 Å². The monoisotopic (exact) mass is 650 g/mol. The minimum absolute atomic E-state index is 0.295. The van der Waals surface area contributed by atoms with E-state index in [-0.39, 0.29) is 5.82 Å². The highest BCUT2D eigenvalue weighted by Gasteiger charge is 2.25. The number of carboxylic acids is 1. The van der Waals surface area contributed by atoms with Crippen molar-refractivity contribution in [1.29, 1.82) is 0 Å². The molecule has 2 aromatic heterocycles. The molecule has 46 heavy (non-hydrogen) atoms. The molecule has 2 heterocycles. The van der Waals surface area contributed by atoms with Crippen LogP contribution in [0.2, 0.25) is 5.02 Å². The van der Waals surface area contributed by atoms with Gasteiger partial charge >= 0.3 is 5.97 Å². The number of benzene rings is 2. The molecule has 0 saturated heterocycles. The number of carboxylic acid groups (broad SMARTS) is 1. The second-order valence-electron chi connectivity index (χ2n) is 11.7. The van der Waals surface area contributed by atoms with Crippen molar-refractivity contribution < 1.29 is 24.1 Å². The number of aromatic nitrogens is 4. The van der Waals surface area contributed by atoms with Crippen molar-refractivity contribution in [3.05, 3.63) is 64.4 Å². The number of nitrogens with one attached hydrogen (secondary N) is 1. The predicted octanol–water partition coefficient (Wildman–Crippen LogP) is 5.78. The van der Waals surface area contributed by atoms with Crippen LogP contribution in [0.25, 0.3) is 22.6 Å². The SMILES string of the molecule is COCCN(CCCOc1ccc(C)cc1-c1nc2nc(C(=O)O)nc(NCCC3CC3)c2n1Cc1ccc(Cl)cc1)CCOC. The zero-order valence-corrected chi connectivity index (χ0v) is 27.6. The third-order valence-electron chi connectivity index (χ3n) is 8.07. The number of hydrogen-bond acceptors (Lipinski definition) is 9. The summed E-state index contributed by atoms with van der Waals surface area (Å²) in [5, 5.41) is 13.9. The number of aryl methyl sites for hydroxylation is 1. The van der Waals surface area contributed by atoms with Gasteiger partial charge in [-0.05, 0) is 55.5 Å². The summed E-state index contributed by atoms with van der Waals surface area (Å²) < 4.78 is 19.0. The van der Waals surface area contributed by atoms with Gasteiger partial charge in [0.15, 0.2) is 11.5 Å². The Labute approximate surface area is 274 Å². The molecule has 1 fully saturated rings. The lowest BCUT2D eigenvalue weighted by Gasteiger charge is -2.21. The number of ether oxygens (including phenoxy) is 3. The van der Waals surface area contributed by atoms with E-state index in [9.17, 15) is 9.90 Å². The number of carbonyl (C=O) groups is 1. The molecule has 0 amide bonds. The van der Waals surface area contributed by atoms with Crippen LogP contribution in [-0.4, -0.2) is 95.7 Å². The normalized spacial score (nSPS) is 13.1. The first-order chi connectivity index (χ1) is 22.4. The molecule has 0 radical (unpaired) electrons. The van der Waals surface area contributed by atoms with Gasteiger partial charge in [0, 0.05) is 52.0 Å². The molecule has 0 spiro atoms. The molecule has 1 aliphatic rings. The van der Waals surface area contributed by atoms with Crippen molar-refractivity contribution in [2.45, 2.75) is 39.2 Å². The van der Waals surface area contributed by atoms with Gasteiger partial charge in [-0.2, -0.15) is 0 Å². The molecule has 12 heteroatoms. The van der Waals surface area contributed by atoms with E-state index >= 15 is 0 Å². The smallest absolute Gasteiger partial charge is 0.374 e. The Morgan fingerprint density at radius 3 is 2.43 bits per heavy atom. The maximum atomic E-state index is 12.0. The predicted molar refractivity (Wildman–Crippen MR) is 179 cm³/mol.